The van der Waals surface area contributed by atoms with Crippen molar-refractivity contribution in [1.29, 1.82) is 0 Å². The number of rotatable bonds is 3. The predicted octanol–water partition coefficient (Wildman–Crippen LogP) is 3.74. The van der Waals surface area contributed by atoms with Crippen molar-refractivity contribution in [3.63, 3.8) is 0 Å². The lowest BCUT2D eigenvalue weighted by molar-refractivity contribution is 0.0933. The molecular formula is C18H19ClN2O. The smallest absolute Gasteiger partial charge is 0.251 e. The van der Waals surface area contributed by atoms with Crippen molar-refractivity contribution in [3.05, 3.63) is 65.2 Å². The molecule has 3 rings (SSSR count). The van der Waals surface area contributed by atoms with E-state index in [0.717, 1.165) is 25.9 Å². The third-order valence-corrected chi connectivity index (χ3v) is 4.24. The summed E-state index contributed by atoms with van der Waals surface area (Å²) in [7, 11) is 0. The van der Waals surface area contributed by atoms with Crippen molar-refractivity contribution in [2.75, 3.05) is 18.0 Å². The molecule has 0 spiro atoms. The number of hydrogen-bond acceptors (Lipinski definition) is 2. The van der Waals surface area contributed by atoms with Crippen LogP contribution in [0, 0.1) is 0 Å². The Balaban J connectivity index is 1.63. The number of nitrogens with one attached hydrogen (secondary N) is 1. The summed E-state index contributed by atoms with van der Waals surface area (Å²) in [6, 6.07) is 17.5. The van der Waals surface area contributed by atoms with Gasteiger partial charge in [-0.15, -0.1) is 0 Å². The van der Waals surface area contributed by atoms with Crippen LogP contribution in [-0.4, -0.2) is 25.0 Å². The minimum atomic E-state index is -0.0309. The highest BCUT2D eigenvalue weighted by Crippen LogP contribution is 2.19. The van der Waals surface area contributed by atoms with Crippen LogP contribution < -0.4 is 10.2 Å². The number of para-hydroxylation sites is 1. The molecular weight excluding hydrogens is 296 g/mol. The number of hydrogen-bond donors (Lipinski definition) is 1. The molecule has 22 heavy (non-hydrogen) atoms. The van der Waals surface area contributed by atoms with Crippen LogP contribution in [0.15, 0.2) is 54.6 Å². The Bertz CT molecular complexity index is 627. The minimum absolute atomic E-state index is 0.0309. The van der Waals surface area contributed by atoms with E-state index in [1.165, 1.54) is 5.69 Å². The molecule has 114 valence electrons. The van der Waals surface area contributed by atoms with Crippen LogP contribution in [0.5, 0.6) is 0 Å². The Hall–Kier alpha value is -2.00. The van der Waals surface area contributed by atoms with Crippen molar-refractivity contribution in [1.82, 2.24) is 5.32 Å². The van der Waals surface area contributed by atoms with Gasteiger partial charge in [-0.25, -0.2) is 0 Å². The largest absolute Gasteiger partial charge is 0.369 e. The fourth-order valence-electron chi connectivity index (χ4n) is 2.84. The molecule has 1 saturated heterocycles. The second kappa shape index (κ2) is 6.84. The molecule has 0 radical (unpaired) electrons. The maximum absolute atomic E-state index is 12.3. The highest BCUT2D eigenvalue weighted by molar-refractivity contribution is 6.30. The van der Waals surface area contributed by atoms with E-state index in [1.807, 2.05) is 18.2 Å². The number of halogens is 1. The first kappa shape index (κ1) is 14.9. The van der Waals surface area contributed by atoms with Gasteiger partial charge < -0.3 is 10.2 Å². The molecule has 0 aromatic heterocycles. The molecule has 0 unspecified atom stereocenters. The van der Waals surface area contributed by atoms with E-state index in [9.17, 15) is 4.79 Å². The highest BCUT2D eigenvalue weighted by Gasteiger charge is 2.21. The summed E-state index contributed by atoms with van der Waals surface area (Å²) < 4.78 is 0. The molecule has 1 aliphatic heterocycles. The van der Waals surface area contributed by atoms with Gasteiger partial charge in [0, 0.05) is 35.4 Å². The van der Waals surface area contributed by atoms with Gasteiger partial charge >= 0.3 is 0 Å². The van der Waals surface area contributed by atoms with Gasteiger partial charge in [0.1, 0.15) is 0 Å². The van der Waals surface area contributed by atoms with Crippen molar-refractivity contribution in [3.8, 4) is 0 Å². The number of carbonyl (C=O) groups is 1. The standard InChI is InChI=1S/C18H19ClN2O/c19-15-10-8-14(9-11-15)18(22)20-16-5-4-12-21(13-16)17-6-2-1-3-7-17/h1-3,6-11,16H,4-5,12-13H2,(H,20,22)/t16-/m0/s1. The quantitative estimate of drug-likeness (QED) is 0.936. The molecule has 1 amide bonds. The summed E-state index contributed by atoms with van der Waals surface area (Å²) in [4.78, 5) is 14.6. The maximum atomic E-state index is 12.3. The summed E-state index contributed by atoms with van der Waals surface area (Å²) in [5, 5.41) is 3.77. The van der Waals surface area contributed by atoms with Crippen LogP contribution in [0.3, 0.4) is 0 Å². The van der Waals surface area contributed by atoms with Gasteiger partial charge in [0.15, 0.2) is 0 Å². The molecule has 2 aromatic carbocycles. The number of anilines is 1. The lowest BCUT2D eigenvalue weighted by Crippen LogP contribution is -2.47. The molecule has 1 heterocycles. The van der Waals surface area contributed by atoms with Gasteiger partial charge in [0.05, 0.1) is 0 Å². The summed E-state index contributed by atoms with van der Waals surface area (Å²) in [6.45, 7) is 1.89. The zero-order valence-electron chi connectivity index (χ0n) is 12.3. The van der Waals surface area contributed by atoms with Crippen LogP contribution in [0.4, 0.5) is 5.69 Å². The lowest BCUT2D eigenvalue weighted by atomic mass is 10.0. The zero-order valence-corrected chi connectivity index (χ0v) is 13.1. The average molecular weight is 315 g/mol. The van der Waals surface area contributed by atoms with Crippen molar-refractivity contribution >= 4 is 23.2 Å². The minimum Gasteiger partial charge on any atom is -0.369 e. The molecule has 0 aliphatic carbocycles. The van der Waals surface area contributed by atoms with Crippen molar-refractivity contribution in [2.45, 2.75) is 18.9 Å². The number of benzene rings is 2. The summed E-state index contributed by atoms with van der Waals surface area (Å²) in [5.41, 5.74) is 1.87. The third-order valence-electron chi connectivity index (χ3n) is 3.98. The monoisotopic (exact) mass is 314 g/mol. The Morgan fingerprint density at radius 2 is 1.82 bits per heavy atom. The molecule has 2 aromatic rings. The first-order valence-electron chi connectivity index (χ1n) is 7.59. The number of carbonyl (C=O) groups excluding carboxylic acids is 1. The summed E-state index contributed by atoms with van der Waals surface area (Å²) in [5.74, 6) is -0.0309. The number of piperidine rings is 1. The molecule has 1 fully saturated rings. The zero-order chi connectivity index (χ0) is 15.4. The van der Waals surface area contributed by atoms with Gasteiger partial charge in [-0.1, -0.05) is 29.8 Å². The van der Waals surface area contributed by atoms with Gasteiger partial charge in [0.2, 0.25) is 0 Å². The van der Waals surface area contributed by atoms with Crippen molar-refractivity contribution < 1.29 is 4.79 Å². The molecule has 4 heteroatoms. The van der Waals surface area contributed by atoms with E-state index in [0.29, 0.717) is 10.6 Å². The van der Waals surface area contributed by atoms with Crippen LogP contribution in [0.2, 0.25) is 5.02 Å². The SMILES string of the molecule is O=C(N[C@H]1CCCN(c2ccccc2)C1)c1ccc(Cl)cc1. The molecule has 0 bridgehead atoms. The molecule has 1 N–H and O–H groups in total. The highest BCUT2D eigenvalue weighted by atomic mass is 35.5. The fraction of sp³-hybridized carbons (Fsp3) is 0.278. The molecule has 0 saturated carbocycles. The fourth-order valence-corrected chi connectivity index (χ4v) is 2.96. The number of nitrogens with zero attached hydrogens (tertiary/aromatic N) is 1. The molecule has 1 atom stereocenters. The topological polar surface area (TPSA) is 32.3 Å². The first-order valence-corrected chi connectivity index (χ1v) is 7.96. The lowest BCUT2D eigenvalue weighted by Gasteiger charge is -2.34. The predicted molar refractivity (Wildman–Crippen MR) is 90.6 cm³/mol. The molecule has 1 aliphatic rings. The Morgan fingerprint density at radius 3 is 2.55 bits per heavy atom. The van der Waals surface area contributed by atoms with Crippen LogP contribution >= 0.6 is 11.6 Å². The van der Waals surface area contributed by atoms with E-state index in [1.54, 1.807) is 24.3 Å². The normalized spacial score (nSPS) is 18.0. The first-order chi connectivity index (χ1) is 10.7. The Kier molecular flexibility index (Phi) is 4.64. The van der Waals surface area contributed by atoms with Crippen LogP contribution in [0.25, 0.3) is 0 Å². The maximum Gasteiger partial charge on any atom is 0.251 e. The number of amides is 1. The van der Waals surface area contributed by atoms with E-state index < -0.39 is 0 Å². The summed E-state index contributed by atoms with van der Waals surface area (Å²) >= 11 is 5.86. The van der Waals surface area contributed by atoms with Gasteiger partial charge in [-0.2, -0.15) is 0 Å². The van der Waals surface area contributed by atoms with E-state index in [-0.39, 0.29) is 11.9 Å². The second-order valence-corrected chi connectivity index (χ2v) is 6.04. The molecule has 3 nitrogen and oxygen atoms in total. The van der Waals surface area contributed by atoms with Crippen LogP contribution in [-0.2, 0) is 0 Å². The van der Waals surface area contributed by atoms with E-state index in [2.05, 4.69) is 22.3 Å². The Labute approximate surface area is 135 Å². The van der Waals surface area contributed by atoms with E-state index >= 15 is 0 Å². The summed E-state index contributed by atoms with van der Waals surface area (Å²) in [6.07, 6.45) is 2.10. The van der Waals surface area contributed by atoms with Gasteiger partial charge in [-0.05, 0) is 49.2 Å². The average Bonchev–Trinajstić information content (AvgIpc) is 2.56. The third kappa shape index (κ3) is 3.60. The van der Waals surface area contributed by atoms with Crippen molar-refractivity contribution in [2.24, 2.45) is 0 Å². The van der Waals surface area contributed by atoms with E-state index in [4.69, 9.17) is 11.6 Å². The van der Waals surface area contributed by atoms with Gasteiger partial charge in [-0.3, -0.25) is 4.79 Å². The Morgan fingerprint density at radius 1 is 1.09 bits per heavy atom. The second-order valence-electron chi connectivity index (χ2n) is 5.60. The van der Waals surface area contributed by atoms with Crippen LogP contribution in [0.1, 0.15) is 23.2 Å². The van der Waals surface area contributed by atoms with Gasteiger partial charge in [0.25, 0.3) is 5.91 Å².